The highest BCUT2D eigenvalue weighted by atomic mass is 19.4. The molecule has 26 heavy (non-hydrogen) atoms. The summed E-state index contributed by atoms with van der Waals surface area (Å²) >= 11 is 0. The van der Waals surface area contributed by atoms with Crippen molar-refractivity contribution in [2.24, 2.45) is 0 Å². The number of H-pyrrole nitrogens is 1. The van der Waals surface area contributed by atoms with Crippen molar-refractivity contribution in [3.63, 3.8) is 0 Å². The van der Waals surface area contributed by atoms with Crippen molar-refractivity contribution >= 4 is 11.6 Å². The van der Waals surface area contributed by atoms with E-state index >= 15 is 0 Å². The number of carbonyl (C=O) groups excluding carboxylic acids is 1. The Kier molecular flexibility index (Phi) is 4.65. The molecular weight excluding hydrogens is 351 g/mol. The number of rotatable bonds is 5. The quantitative estimate of drug-likeness (QED) is 0.728. The smallest absolute Gasteiger partial charge is 0.432 e. The molecule has 0 spiro atoms. The number of alkyl halides is 3. The van der Waals surface area contributed by atoms with Crippen molar-refractivity contribution in [1.29, 1.82) is 0 Å². The average Bonchev–Trinajstić information content (AvgIpc) is 3.24. The maximum Gasteiger partial charge on any atom is 0.432 e. The first-order valence-electron chi connectivity index (χ1n) is 7.44. The van der Waals surface area contributed by atoms with Gasteiger partial charge in [-0.2, -0.15) is 23.4 Å². The maximum atomic E-state index is 12.5. The number of aromatic nitrogens is 4. The zero-order valence-corrected chi connectivity index (χ0v) is 13.5. The molecule has 0 saturated carbocycles. The molecule has 0 saturated heterocycles. The number of nitrogens with one attached hydrogen (secondary N) is 2. The highest BCUT2D eigenvalue weighted by molar-refractivity contribution is 6.02. The molecule has 2 N–H and O–H groups in total. The van der Waals surface area contributed by atoms with Gasteiger partial charge in [-0.05, 0) is 17.7 Å². The van der Waals surface area contributed by atoms with Gasteiger partial charge >= 0.3 is 6.18 Å². The van der Waals surface area contributed by atoms with E-state index in [2.05, 4.69) is 15.5 Å². The molecule has 0 aliphatic rings. The number of carbonyl (C=O) groups is 1. The summed E-state index contributed by atoms with van der Waals surface area (Å²) in [6.45, 7) is 0.438. The third-order valence-electron chi connectivity index (χ3n) is 3.49. The van der Waals surface area contributed by atoms with Crippen LogP contribution in [0.2, 0.25) is 0 Å². The van der Waals surface area contributed by atoms with Crippen molar-refractivity contribution in [3.8, 4) is 5.75 Å². The number of nitrogens with zero attached hydrogens (tertiary/aromatic N) is 3. The van der Waals surface area contributed by atoms with E-state index in [9.17, 15) is 18.0 Å². The second kappa shape index (κ2) is 6.90. The highest BCUT2D eigenvalue weighted by Crippen LogP contribution is 2.27. The van der Waals surface area contributed by atoms with Crippen molar-refractivity contribution in [2.45, 2.75) is 12.7 Å². The maximum absolute atomic E-state index is 12.5. The fraction of sp³-hybridized carbons (Fsp3) is 0.188. The van der Waals surface area contributed by atoms with Gasteiger partial charge in [0.1, 0.15) is 11.4 Å². The standard InChI is InChI=1S/C16H14F3N5O2/c1-26-12-4-2-3-10(5-12)8-24-9-11(7-20-24)21-15(25)13-6-14(23-22-13)16(17,18)19/h2-7,9H,8H2,1H3,(H,21,25)(H,22,23). The fourth-order valence-electron chi connectivity index (χ4n) is 2.25. The fourth-order valence-corrected chi connectivity index (χ4v) is 2.25. The van der Waals surface area contributed by atoms with Gasteiger partial charge in [0.15, 0.2) is 5.69 Å². The molecule has 2 aromatic heterocycles. The number of hydrogen-bond donors (Lipinski definition) is 2. The van der Waals surface area contributed by atoms with Crippen LogP contribution in [0.1, 0.15) is 21.7 Å². The number of benzene rings is 1. The third kappa shape index (κ3) is 4.02. The van der Waals surface area contributed by atoms with Crippen molar-refractivity contribution in [3.05, 3.63) is 59.7 Å². The normalized spacial score (nSPS) is 11.4. The molecule has 3 aromatic rings. The van der Waals surface area contributed by atoms with Gasteiger partial charge in [-0.15, -0.1) is 0 Å². The van der Waals surface area contributed by atoms with E-state index in [0.29, 0.717) is 24.0 Å². The molecule has 136 valence electrons. The predicted octanol–water partition coefficient (Wildman–Crippen LogP) is 2.93. The molecular formula is C16H14F3N5O2. The first-order valence-corrected chi connectivity index (χ1v) is 7.44. The van der Waals surface area contributed by atoms with E-state index in [0.717, 1.165) is 5.56 Å². The molecule has 7 nitrogen and oxygen atoms in total. The van der Waals surface area contributed by atoms with E-state index in [-0.39, 0.29) is 5.69 Å². The summed E-state index contributed by atoms with van der Waals surface area (Å²) in [5, 5.41) is 11.7. The van der Waals surface area contributed by atoms with Crippen LogP contribution >= 0.6 is 0 Å². The molecule has 0 radical (unpaired) electrons. The van der Waals surface area contributed by atoms with Gasteiger partial charge in [0.05, 0.1) is 25.5 Å². The molecule has 3 rings (SSSR count). The average molecular weight is 365 g/mol. The Morgan fingerprint density at radius 3 is 2.85 bits per heavy atom. The number of hydrogen-bond acceptors (Lipinski definition) is 4. The lowest BCUT2D eigenvalue weighted by molar-refractivity contribution is -0.141. The largest absolute Gasteiger partial charge is 0.497 e. The summed E-state index contributed by atoms with van der Waals surface area (Å²) in [6.07, 6.45) is -1.63. The lowest BCUT2D eigenvalue weighted by Crippen LogP contribution is -2.12. The number of aromatic amines is 1. The van der Waals surface area contributed by atoms with E-state index < -0.39 is 17.8 Å². The molecule has 0 fully saturated rings. The van der Waals surface area contributed by atoms with Crippen LogP contribution in [0, 0.1) is 0 Å². The molecule has 0 unspecified atom stereocenters. The van der Waals surface area contributed by atoms with E-state index in [1.165, 1.54) is 6.20 Å². The molecule has 10 heteroatoms. The van der Waals surface area contributed by atoms with Crippen LogP contribution in [-0.4, -0.2) is 33.0 Å². The van der Waals surface area contributed by atoms with Crippen LogP contribution in [0.25, 0.3) is 0 Å². The van der Waals surface area contributed by atoms with E-state index in [4.69, 9.17) is 4.74 Å². The Balaban J connectivity index is 1.66. The van der Waals surface area contributed by atoms with Gasteiger partial charge in [-0.25, -0.2) is 0 Å². The van der Waals surface area contributed by atoms with Crippen molar-refractivity contribution in [2.75, 3.05) is 12.4 Å². The summed E-state index contributed by atoms with van der Waals surface area (Å²) in [6, 6.07) is 8.05. The Hall–Kier alpha value is -3.30. The first kappa shape index (κ1) is 17.5. The van der Waals surface area contributed by atoms with Gasteiger partial charge in [0.2, 0.25) is 0 Å². The Bertz CT molecular complexity index is 917. The SMILES string of the molecule is COc1cccc(Cn2cc(NC(=O)c3cc(C(F)(F)F)[nH]n3)cn2)c1. The minimum atomic E-state index is -4.59. The minimum Gasteiger partial charge on any atom is -0.497 e. The zero-order chi connectivity index (χ0) is 18.7. The van der Waals surface area contributed by atoms with Gasteiger partial charge in [0.25, 0.3) is 5.91 Å². The Morgan fingerprint density at radius 1 is 1.35 bits per heavy atom. The van der Waals surface area contributed by atoms with Crippen LogP contribution in [0.3, 0.4) is 0 Å². The van der Waals surface area contributed by atoms with Crippen LogP contribution in [0.4, 0.5) is 18.9 Å². The van der Waals surface area contributed by atoms with Crippen LogP contribution in [-0.2, 0) is 12.7 Å². The van der Waals surface area contributed by atoms with Gasteiger partial charge in [-0.1, -0.05) is 12.1 Å². The number of ether oxygens (including phenoxy) is 1. The first-order chi connectivity index (χ1) is 12.3. The third-order valence-corrected chi connectivity index (χ3v) is 3.49. The second-order valence-electron chi connectivity index (χ2n) is 5.40. The monoisotopic (exact) mass is 365 g/mol. The minimum absolute atomic E-state index is 0.342. The Labute approximate surface area is 145 Å². The molecule has 0 aliphatic carbocycles. The van der Waals surface area contributed by atoms with Gasteiger partial charge in [-0.3, -0.25) is 14.6 Å². The summed E-state index contributed by atoms with van der Waals surface area (Å²) < 4.78 is 44.3. The Morgan fingerprint density at radius 2 is 2.15 bits per heavy atom. The molecule has 0 aliphatic heterocycles. The number of amides is 1. The topological polar surface area (TPSA) is 84.8 Å². The van der Waals surface area contributed by atoms with Crippen LogP contribution < -0.4 is 10.1 Å². The summed E-state index contributed by atoms with van der Waals surface area (Å²) in [5.41, 5.74) is -0.170. The van der Waals surface area contributed by atoms with Crippen molar-refractivity contribution < 1.29 is 22.7 Å². The van der Waals surface area contributed by atoms with E-state index in [1.807, 2.05) is 24.3 Å². The van der Waals surface area contributed by atoms with Gasteiger partial charge in [0, 0.05) is 12.3 Å². The second-order valence-corrected chi connectivity index (χ2v) is 5.40. The summed E-state index contributed by atoms with van der Waals surface area (Å²) in [5.74, 6) is -0.0557. The lowest BCUT2D eigenvalue weighted by Gasteiger charge is -2.04. The molecule has 2 heterocycles. The van der Waals surface area contributed by atoms with Gasteiger partial charge < -0.3 is 10.1 Å². The van der Waals surface area contributed by atoms with E-state index in [1.54, 1.807) is 23.1 Å². The van der Waals surface area contributed by atoms with Crippen LogP contribution in [0.15, 0.2) is 42.7 Å². The van der Waals surface area contributed by atoms with Crippen LogP contribution in [0.5, 0.6) is 5.75 Å². The molecule has 0 bridgehead atoms. The predicted molar refractivity (Wildman–Crippen MR) is 85.9 cm³/mol. The zero-order valence-electron chi connectivity index (χ0n) is 13.5. The van der Waals surface area contributed by atoms with Crippen molar-refractivity contribution in [1.82, 2.24) is 20.0 Å². The summed E-state index contributed by atoms with van der Waals surface area (Å²) in [7, 11) is 1.57. The highest BCUT2D eigenvalue weighted by Gasteiger charge is 2.33. The number of halogens is 3. The molecule has 1 amide bonds. The molecule has 1 aromatic carbocycles. The lowest BCUT2D eigenvalue weighted by atomic mass is 10.2. The number of anilines is 1. The molecule has 0 atom stereocenters. The summed E-state index contributed by atoms with van der Waals surface area (Å²) in [4.78, 5) is 12.0. The number of methoxy groups -OCH3 is 1.